The zero-order valence-corrected chi connectivity index (χ0v) is 4.54. The number of ether oxygens (including phenoxy) is 1. The molecule has 8 heavy (non-hydrogen) atoms. The van der Waals surface area contributed by atoms with Crippen molar-refractivity contribution in [3.63, 3.8) is 0 Å². The van der Waals surface area contributed by atoms with Crippen LogP contribution in [0.25, 0.3) is 0 Å². The fourth-order valence-corrected chi connectivity index (χ4v) is 0.739. The first kappa shape index (κ1) is 6.01. The van der Waals surface area contributed by atoms with E-state index >= 15 is 0 Å². The summed E-state index contributed by atoms with van der Waals surface area (Å²) in [6, 6.07) is 0. The smallest absolute Gasteiger partial charge is 0.217 e. The van der Waals surface area contributed by atoms with E-state index in [0.29, 0.717) is 13.0 Å². The molecule has 0 aromatic rings. The average Bonchev–Trinajstić information content (AvgIpc) is 1.77. The predicted molar refractivity (Wildman–Crippen MR) is 25.7 cm³/mol. The van der Waals surface area contributed by atoms with Crippen molar-refractivity contribution in [2.24, 2.45) is 0 Å². The van der Waals surface area contributed by atoms with Gasteiger partial charge in [-0.25, -0.2) is 0 Å². The maximum absolute atomic E-state index is 10.4. The second-order valence-electron chi connectivity index (χ2n) is 1.95. The van der Waals surface area contributed by atoms with Crippen LogP contribution in [0.1, 0.15) is 12.8 Å². The zero-order chi connectivity index (χ0) is 5.98. The van der Waals surface area contributed by atoms with Crippen LogP contribution in [0, 0.1) is 0 Å². The van der Waals surface area contributed by atoms with Crippen molar-refractivity contribution in [3.05, 3.63) is 0 Å². The van der Waals surface area contributed by atoms with E-state index in [-0.39, 0.29) is 0 Å². The first-order chi connectivity index (χ1) is 3.80. The predicted octanol–water partition coefficient (Wildman–Crippen LogP) is -0.0857. The summed E-state index contributed by atoms with van der Waals surface area (Å²) >= 11 is 0. The Balaban J connectivity index is 2.28. The minimum Gasteiger partial charge on any atom is -0.388 e. The van der Waals surface area contributed by atoms with E-state index in [4.69, 9.17) is 5.11 Å². The van der Waals surface area contributed by atoms with Gasteiger partial charge < -0.3 is 9.84 Å². The lowest BCUT2D eigenvalue weighted by atomic mass is 10.1. The fraction of sp³-hybridized carbons (Fsp3) is 1.00. The van der Waals surface area contributed by atoms with Gasteiger partial charge in [0.05, 0.1) is 6.61 Å². The van der Waals surface area contributed by atoms with E-state index in [9.17, 15) is 5.11 Å². The summed E-state index contributed by atoms with van der Waals surface area (Å²) < 4.78 is 4.58. The van der Waals surface area contributed by atoms with Crippen LogP contribution in [0.4, 0.5) is 0 Å². The second-order valence-corrected chi connectivity index (χ2v) is 1.95. The second kappa shape index (κ2) is 2.44. The Bertz CT molecular complexity index is 64.1. The molecule has 0 aromatic carbocycles. The summed E-state index contributed by atoms with van der Waals surface area (Å²) in [6.45, 7) is 0.505. The van der Waals surface area contributed by atoms with Gasteiger partial charge in [0.25, 0.3) is 0 Å². The molecular weight excluding hydrogens is 108 g/mol. The molecule has 1 rings (SSSR count). The molecule has 1 N–H and O–H groups in total. The maximum Gasteiger partial charge on any atom is 0.217 e. The van der Waals surface area contributed by atoms with E-state index in [1.54, 1.807) is 0 Å². The van der Waals surface area contributed by atoms with E-state index in [1.165, 1.54) is 0 Å². The third kappa shape index (κ3) is 1.18. The SMILES string of the molecule is [O]C1OCCCC1O. The van der Waals surface area contributed by atoms with E-state index < -0.39 is 12.4 Å². The molecular formula is C5H9O3. The van der Waals surface area contributed by atoms with Crippen LogP contribution in [0.2, 0.25) is 0 Å². The van der Waals surface area contributed by atoms with Crippen LogP contribution >= 0.6 is 0 Å². The first-order valence-electron chi connectivity index (χ1n) is 2.76. The van der Waals surface area contributed by atoms with Gasteiger partial charge >= 0.3 is 0 Å². The van der Waals surface area contributed by atoms with Crippen LogP contribution in [0.5, 0.6) is 0 Å². The largest absolute Gasteiger partial charge is 0.388 e. The summed E-state index contributed by atoms with van der Waals surface area (Å²) in [4.78, 5) is 0. The van der Waals surface area contributed by atoms with Crippen molar-refractivity contribution in [1.29, 1.82) is 0 Å². The maximum atomic E-state index is 10.4. The Labute approximate surface area is 47.9 Å². The lowest BCUT2D eigenvalue weighted by Crippen LogP contribution is -2.32. The highest BCUT2D eigenvalue weighted by molar-refractivity contribution is 4.62. The summed E-state index contributed by atoms with van der Waals surface area (Å²) in [5.74, 6) is 0. The van der Waals surface area contributed by atoms with Gasteiger partial charge in [-0.2, -0.15) is 5.11 Å². The van der Waals surface area contributed by atoms with Gasteiger partial charge in [0.15, 0.2) is 0 Å². The first-order valence-corrected chi connectivity index (χ1v) is 2.76. The minimum absolute atomic E-state index is 0.505. The Kier molecular flexibility index (Phi) is 1.83. The van der Waals surface area contributed by atoms with Gasteiger partial charge in [-0.15, -0.1) is 0 Å². The third-order valence-electron chi connectivity index (χ3n) is 1.24. The highest BCUT2D eigenvalue weighted by Gasteiger charge is 2.21. The monoisotopic (exact) mass is 117 g/mol. The third-order valence-corrected chi connectivity index (χ3v) is 1.24. The summed E-state index contributed by atoms with van der Waals surface area (Å²) in [7, 11) is 0. The molecule has 0 aromatic heterocycles. The number of aliphatic hydroxyl groups excluding tert-OH is 1. The van der Waals surface area contributed by atoms with Gasteiger partial charge in [-0.1, -0.05) is 0 Å². The Morgan fingerprint density at radius 1 is 1.62 bits per heavy atom. The van der Waals surface area contributed by atoms with Crippen molar-refractivity contribution in [2.75, 3.05) is 6.61 Å². The number of hydrogen-bond acceptors (Lipinski definition) is 2. The molecule has 3 nitrogen and oxygen atoms in total. The Morgan fingerprint density at radius 3 is 2.75 bits per heavy atom. The molecule has 1 aliphatic rings. The molecule has 1 radical (unpaired) electrons. The molecule has 1 aliphatic heterocycles. The fourth-order valence-electron chi connectivity index (χ4n) is 0.739. The highest BCUT2D eigenvalue weighted by atomic mass is 16.6. The lowest BCUT2D eigenvalue weighted by molar-refractivity contribution is -0.215. The van der Waals surface area contributed by atoms with Crippen LogP contribution < -0.4 is 0 Å². The molecule has 1 saturated heterocycles. The molecule has 2 atom stereocenters. The van der Waals surface area contributed by atoms with Crippen LogP contribution in [0.15, 0.2) is 0 Å². The molecule has 0 saturated carbocycles. The summed E-state index contributed by atoms with van der Waals surface area (Å²) in [5.41, 5.74) is 0. The average molecular weight is 117 g/mol. The van der Waals surface area contributed by atoms with Gasteiger partial charge in [0, 0.05) is 0 Å². The van der Waals surface area contributed by atoms with Gasteiger partial charge in [0.2, 0.25) is 6.29 Å². The van der Waals surface area contributed by atoms with Gasteiger partial charge in [0.1, 0.15) is 6.10 Å². The van der Waals surface area contributed by atoms with Crippen molar-refractivity contribution >= 4 is 0 Å². The number of rotatable bonds is 0. The standard InChI is InChI=1S/C5H9O3/c6-4-2-1-3-8-5(4)7/h4-6H,1-3H2. The van der Waals surface area contributed by atoms with E-state index in [1.807, 2.05) is 0 Å². The molecule has 1 fully saturated rings. The van der Waals surface area contributed by atoms with Crippen molar-refractivity contribution in [2.45, 2.75) is 25.2 Å². The number of hydrogen-bond donors (Lipinski definition) is 1. The molecule has 2 unspecified atom stereocenters. The zero-order valence-electron chi connectivity index (χ0n) is 4.54. The van der Waals surface area contributed by atoms with Crippen molar-refractivity contribution in [3.8, 4) is 0 Å². The molecule has 1 heterocycles. The van der Waals surface area contributed by atoms with E-state index in [2.05, 4.69) is 4.74 Å². The van der Waals surface area contributed by atoms with Crippen LogP contribution in [0.3, 0.4) is 0 Å². The molecule has 47 valence electrons. The van der Waals surface area contributed by atoms with Crippen LogP contribution in [-0.2, 0) is 9.84 Å². The molecule has 0 bridgehead atoms. The Morgan fingerprint density at radius 2 is 2.38 bits per heavy atom. The highest BCUT2D eigenvalue weighted by Crippen LogP contribution is 2.10. The molecule has 0 amide bonds. The minimum atomic E-state index is -1.19. The number of aliphatic hydroxyl groups is 1. The van der Waals surface area contributed by atoms with E-state index in [0.717, 1.165) is 6.42 Å². The lowest BCUT2D eigenvalue weighted by Gasteiger charge is -2.20. The quantitative estimate of drug-likeness (QED) is 0.482. The molecule has 0 spiro atoms. The van der Waals surface area contributed by atoms with Crippen molar-refractivity contribution in [1.82, 2.24) is 0 Å². The van der Waals surface area contributed by atoms with Crippen molar-refractivity contribution < 1.29 is 14.9 Å². The normalized spacial score (nSPS) is 39.8. The topological polar surface area (TPSA) is 49.4 Å². The van der Waals surface area contributed by atoms with Gasteiger partial charge in [-0.05, 0) is 12.8 Å². The molecule has 3 heteroatoms. The van der Waals surface area contributed by atoms with Crippen LogP contribution in [-0.4, -0.2) is 24.1 Å². The van der Waals surface area contributed by atoms with Gasteiger partial charge in [-0.3, -0.25) is 0 Å². The summed E-state index contributed by atoms with van der Waals surface area (Å²) in [5, 5.41) is 19.1. The Hall–Kier alpha value is -0.120. The molecule has 0 aliphatic carbocycles. The summed E-state index contributed by atoms with van der Waals surface area (Å²) in [6.07, 6.45) is -0.568.